The number of aryl methyl sites for hydroxylation is 1. The minimum Gasteiger partial charge on any atom is -0.377 e. The van der Waals surface area contributed by atoms with E-state index < -0.39 is 0 Å². The van der Waals surface area contributed by atoms with Crippen molar-refractivity contribution < 1.29 is 4.39 Å². The molecule has 0 saturated carbocycles. The molecule has 0 aliphatic rings. The van der Waals surface area contributed by atoms with Gasteiger partial charge in [0.2, 0.25) is 0 Å². The molecule has 0 amide bonds. The number of benzene rings is 1. The van der Waals surface area contributed by atoms with Gasteiger partial charge in [0, 0.05) is 17.2 Å². The van der Waals surface area contributed by atoms with E-state index in [0.717, 1.165) is 17.3 Å². The summed E-state index contributed by atoms with van der Waals surface area (Å²) >= 11 is 3.30. The molecule has 6 heteroatoms. The summed E-state index contributed by atoms with van der Waals surface area (Å²) in [4.78, 5) is 0. The van der Waals surface area contributed by atoms with Gasteiger partial charge in [-0.05, 0) is 41.1 Å². The van der Waals surface area contributed by atoms with Crippen LogP contribution in [-0.2, 0) is 13.6 Å². The van der Waals surface area contributed by atoms with Crippen molar-refractivity contribution in [2.45, 2.75) is 13.5 Å². The zero-order valence-corrected chi connectivity index (χ0v) is 11.1. The Morgan fingerprint density at radius 1 is 1.41 bits per heavy atom. The summed E-state index contributed by atoms with van der Waals surface area (Å²) in [6.07, 6.45) is 0. The Labute approximate surface area is 107 Å². The molecular formula is C11H12BrFN4. The maximum Gasteiger partial charge on any atom is 0.152 e. The van der Waals surface area contributed by atoms with Gasteiger partial charge in [0.25, 0.3) is 0 Å². The first-order chi connectivity index (χ1) is 8.08. The average Bonchev–Trinajstić information content (AvgIpc) is 2.59. The second kappa shape index (κ2) is 4.83. The van der Waals surface area contributed by atoms with Crippen LogP contribution in [0.1, 0.15) is 11.6 Å². The van der Waals surface area contributed by atoms with E-state index in [-0.39, 0.29) is 5.82 Å². The Morgan fingerprint density at radius 2 is 2.18 bits per heavy atom. The summed E-state index contributed by atoms with van der Waals surface area (Å²) in [6.45, 7) is 2.44. The van der Waals surface area contributed by atoms with Crippen LogP contribution in [0.15, 0.2) is 22.7 Å². The third-order valence-corrected chi connectivity index (χ3v) is 3.21. The van der Waals surface area contributed by atoms with Crippen LogP contribution in [0.4, 0.5) is 10.1 Å². The molecule has 2 rings (SSSR count). The number of anilines is 1. The lowest BCUT2D eigenvalue weighted by molar-refractivity contribution is 0.627. The van der Waals surface area contributed by atoms with Crippen LogP contribution in [0.2, 0.25) is 0 Å². The normalized spacial score (nSPS) is 10.6. The Balaban J connectivity index is 2.10. The van der Waals surface area contributed by atoms with Gasteiger partial charge in [0.15, 0.2) is 5.82 Å². The lowest BCUT2D eigenvalue weighted by Crippen LogP contribution is -2.07. The molecule has 1 heterocycles. The van der Waals surface area contributed by atoms with E-state index in [2.05, 4.69) is 31.4 Å². The number of nitrogens with zero attached hydrogens (tertiary/aromatic N) is 3. The van der Waals surface area contributed by atoms with Gasteiger partial charge in [-0.2, -0.15) is 0 Å². The SMILES string of the molecule is Cc1nnc(CNc2ccc(F)cc2Br)n1C. The molecule has 1 N–H and O–H groups in total. The number of rotatable bonds is 3. The third-order valence-electron chi connectivity index (χ3n) is 2.55. The predicted octanol–water partition coefficient (Wildman–Crippen LogP) is 2.64. The average molecular weight is 299 g/mol. The summed E-state index contributed by atoms with van der Waals surface area (Å²) in [5, 5.41) is 11.2. The standard InChI is InChI=1S/C11H12BrFN4/c1-7-15-16-11(17(7)2)6-14-10-4-3-8(13)5-9(10)12/h3-5,14H,6H2,1-2H3. The first-order valence-corrected chi connectivity index (χ1v) is 5.91. The highest BCUT2D eigenvalue weighted by atomic mass is 79.9. The molecule has 0 radical (unpaired) electrons. The topological polar surface area (TPSA) is 42.7 Å². The van der Waals surface area contributed by atoms with Crippen molar-refractivity contribution in [3.8, 4) is 0 Å². The van der Waals surface area contributed by atoms with Crippen molar-refractivity contribution in [3.05, 3.63) is 40.1 Å². The fourth-order valence-corrected chi connectivity index (χ4v) is 1.90. The zero-order chi connectivity index (χ0) is 12.4. The molecule has 0 unspecified atom stereocenters. The van der Waals surface area contributed by atoms with E-state index in [1.165, 1.54) is 12.1 Å². The van der Waals surface area contributed by atoms with Crippen LogP contribution in [0, 0.1) is 12.7 Å². The molecule has 1 aromatic carbocycles. The molecule has 1 aromatic heterocycles. The Hall–Kier alpha value is -1.43. The van der Waals surface area contributed by atoms with Crippen molar-refractivity contribution >= 4 is 21.6 Å². The maximum absolute atomic E-state index is 12.9. The molecule has 4 nitrogen and oxygen atoms in total. The van der Waals surface area contributed by atoms with Gasteiger partial charge >= 0.3 is 0 Å². The van der Waals surface area contributed by atoms with Crippen molar-refractivity contribution in [2.75, 3.05) is 5.32 Å². The van der Waals surface area contributed by atoms with Crippen LogP contribution >= 0.6 is 15.9 Å². The summed E-state index contributed by atoms with van der Waals surface area (Å²) < 4.78 is 15.5. The summed E-state index contributed by atoms with van der Waals surface area (Å²) in [7, 11) is 1.91. The molecule has 0 atom stereocenters. The lowest BCUT2D eigenvalue weighted by Gasteiger charge is -2.08. The lowest BCUT2D eigenvalue weighted by atomic mass is 10.3. The van der Waals surface area contributed by atoms with Crippen molar-refractivity contribution in [2.24, 2.45) is 7.05 Å². The van der Waals surface area contributed by atoms with E-state index >= 15 is 0 Å². The number of hydrogen-bond acceptors (Lipinski definition) is 3. The second-order valence-corrected chi connectivity index (χ2v) is 4.55. The van der Waals surface area contributed by atoms with Crippen LogP contribution < -0.4 is 5.32 Å². The summed E-state index contributed by atoms with van der Waals surface area (Å²) in [5.74, 6) is 1.43. The Bertz CT molecular complexity index is 538. The van der Waals surface area contributed by atoms with Crippen molar-refractivity contribution in [1.82, 2.24) is 14.8 Å². The van der Waals surface area contributed by atoms with Crippen LogP contribution in [0.5, 0.6) is 0 Å². The summed E-state index contributed by atoms with van der Waals surface area (Å²) in [6, 6.07) is 4.52. The van der Waals surface area contributed by atoms with Gasteiger partial charge in [-0.15, -0.1) is 10.2 Å². The molecule has 0 saturated heterocycles. The monoisotopic (exact) mass is 298 g/mol. The fourth-order valence-electron chi connectivity index (χ4n) is 1.41. The van der Waals surface area contributed by atoms with E-state index in [1.54, 1.807) is 6.07 Å². The summed E-state index contributed by atoms with van der Waals surface area (Å²) in [5.41, 5.74) is 0.826. The molecule has 0 aliphatic heterocycles. The third kappa shape index (κ3) is 2.63. The van der Waals surface area contributed by atoms with Crippen molar-refractivity contribution in [3.63, 3.8) is 0 Å². The quantitative estimate of drug-likeness (QED) is 0.947. The second-order valence-electron chi connectivity index (χ2n) is 3.70. The largest absolute Gasteiger partial charge is 0.377 e. The molecule has 17 heavy (non-hydrogen) atoms. The van der Waals surface area contributed by atoms with Gasteiger partial charge in [-0.1, -0.05) is 0 Å². The maximum atomic E-state index is 12.9. The number of nitrogens with one attached hydrogen (secondary N) is 1. The highest BCUT2D eigenvalue weighted by Crippen LogP contribution is 2.23. The minimum atomic E-state index is -0.267. The highest BCUT2D eigenvalue weighted by molar-refractivity contribution is 9.10. The smallest absolute Gasteiger partial charge is 0.152 e. The van der Waals surface area contributed by atoms with E-state index in [9.17, 15) is 4.39 Å². The Kier molecular flexibility index (Phi) is 3.42. The van der Waals surface area contributed by atoms with Crippen LogP contribution in [-0.4, -0.2) is 14.8 Å². The minimum absolute atomic E-state index is 0.267. The van der Waals surface area contributed by atoms with Gasteiger partial charge in [0.05, 0.1) is 6.54 Å². The molecular weight excluding hydrogens is 287 g/mol. The molecule has 2 aromatic rings. The molecule has 90 valence electrons. The van der Waals surface area contributed by atoms with Gasteiger partial charge in [-0.25, -0.2) is 4.39 Å². The van der Waals surface area contributed by atoms with E-state index in [4.69, 9.17) is 0 Å². The van der Waals surface area contributed by atoms with E-state index in [1.807, 2.05) is 18.5 Å². The number of hydrogen-bond donors (Lipinski definition) is 1. The molecule has 0 aliphatic carbocycles. The highest BCUT2D eigenvalue weighted by Gasteiger charge is 2.06. The number of halogens is 2. The number of aromatic nitrogens is 3. The van der Waals surface area contributed by atoms with E-state index in [0.29, 0.717) is 11.0 Å². The van der Waals surface area contributed by atoms with Crippen LogP contribution in [0.25, 0.3) is 0 Å². The molecule has 0 bridgehead atoms. The van der Waals surface area contributed by atoms with Gasteiger partial charge < -0.3 is 9.88 Å². The zero-order valence-electron chi connectivity index (χ0n) is 9.54. The van der Waals surface area contributed by atoms with Gasteiger partial charge in [-0.3, -0.25) is 0 Å². The Morgan fingerprint density at radius 3 is 2.76 bits per heavy atom. The molecule has 0 spiro atoms. The predicted molar refractivity (Wildman–Crippen MR) is 67.2 cm³/mol. The first-order valence-electron chi connectivity index (χ1n) is 5.11. The molecule has 0 fully saturated rings. The first kappa shape index (κ1) is 12.0. The fraction of sp³-hybridized carbons (Fsp3) is 0.273. The van der Waals surface area contributed by atoms with Crippen molar-refractivity contribution in [1.29, 1.82) is 0 Å². The van der Waals surface area contributed by atoms with Crippen LogP contribution in [0.3, 0.4) is 0 Å². The van der Waals surface area contributed by atoms with Gasteiger partial charge in [0.1, 0.15) is 11.6 Å².